The summed E-state index contributed by atoms with van der Waals surface area (Å²) in [6.07, 6.45) is 5.87. The van der Waals surface area contributed by atoms with Gasteiger partial charge in [-0.25, -0.2) is 4.74 Å². The average molecular weight is 141 g/mol. The number of hydrogen-bond acceptors (Lipinski definition) is 1. The fourth-order valence-electron chi connectivity index (χ4n) is 1.60. The largest absolute Gasteiger partial charge is 0.624 e. The minimum atomic E-state index is -0.0747. The number of hydroxylamine groups is 1. The van der Waals surface area contributed by atoms with E-state index < -0.39 is 0 Å². The van der Waals surface area contributed by atoms with Crippen molar-refractivity contribution < 1.29 is 4.74 Å². The van der Waals surface area contributed by atoms with Crippen molar-refractivity contribution in [3.05, 3.63) is 5.21 Å². The van der Waals surface area contributed by atoms with Crippen molar-refractivity contribution in [2.75, 3.05) is 0 Å². The molecule has 0 aromatic carbocycles. The summed E-state index contributed by atoms with van der Waals surface area (Å²) in [6, 6.07) is 0. The van der Waals surface area contributed by atoms with Crippen LogP contribution in [-0.4, -0.2) is 16.5 Å². The fraction of sp³-hybridized carbons (Fsp3) is 0.875. The molecular formula is C8H15NO. The fourth-order valence-corrected chi connectivity index (χ4v) is 1.60. The summed E-state index contributed by atoms with van der Waals surface area (Å²) in [7, 11) is 0. The van der Waals surface area contributed by atoms with E-state index in [2.05, 4.69) is 6.92 Å². The molecule has 0 bridgehead atoms. The zero-order valence-electron chi connectivity index (χ0n) is 6.76. The molecule has 0 amide bonds. The van der Waals surface area contributed by atoms with Crippen LogP contribution in [-0.2, 0) is 0 Å². The molecule has 1 rings (SSSR count). The summed E-state index contributed by atoms with van der Waals surface area (Å²) < 4.78 is 1.14. The van der Waals surface area contributed by atoms with Crippen molar-refractivity contribution in [1.82, 2.24) is 0 Å². The lowest BCUT2D eigenvalue weighted by Gasteiger charge is -2.22. The van der Waals surface area contributed by atoms with Crippen molar-refractivity contribution in [2.24, 2.45) is 0 Å². The van der Waals surface area contributed by atoms with E-state index in [1.165, 1.54) is 0 Å². The van der Waals surface area contributed by atoms with E-state index in [4.69, 9.17) is 0 Å². The predicted octanol–water partition coefficient (Wildman–Crippen LogP) is 1.92. The standard InChI is InChI=1S/C8H15NO/c1-3-5-8(2)6-4-7-9(8)10/h7H,3-6H2,1-2H3. The van der Waals surface area contributed by atoms with Crippen LogP contribution in [0.15, 0.2) is 0 Å². The zero-order chi connectivity index (χ0) is 7.61. The van der Waals surface area contributed by atoms with E-state index in [0.29, 0.717) is 0 Å². The van der Waals surface area contributed by atoms with Gasteiger partial charge in [0.2, 0.25) is 0 Å². The molecule has 0 aromatic heterocycles. The third kappa shape index (κ3) is 1.15. The van der Waals surface area contributed by atoms with E-state index >= 15 is 0 Å². The maximum atomic E-state index is 11.1. The molecule has 1 heterocycles. The molecule has 1 atom stereocenters. The van der Waals surface area contributed by atoms with Crippen molar-refractivity contribution in [1.29, 1.82) is 0 Å². The molecule has 0 fully saturated rings. The van der Waals surface area contributed by atoms with Crippen LogP contribution >= 0.6 is 0 Å². The van der Waals surface area contributed by atoms with Gasteiger partial charge >= 0.3 is 0 Å². The van der Waals surface area contributed by atoms with Crippen LogP contribution in [0.5, 0.6) is 0 Å². The smallest absolute Gasteiger partial charge is 0.170 e. The number of rotatable bonds is 2. The molecule has 0 aliphatic carbocycles. The first-order chi connectivity index (χ1) is 4.69. The van der Waals surface area contributed by atoms with Crippen molar-refractivity contribution in [3.63, 3.8) is 0 Å². The maximum absolute atomic E-state index is 11.1. The lowest BCUT2D eigenvalue weighted by atomic mass is 9.94. The Morgan fingerprint density at radius 1 is 1.70 bits per heavy atom. The molecule has 1 aliphatic heterocycles. The molecule has 10 heavy (non-hydrogen) atoms. The van der Waals surface area contributed by atoms with Gasteiger partial charge in [-0.1, -0.05) is 6.92 Å². The first-order valence-corrected chi connectivity index (χ1v) is 3.99. The van der Waals surface area contributed by atoms with Crippen LogP contribution in [0.25, 0.3) is 0 Å². The van der Waals surface area contributed by atoms with E-state index in [9.17, 15) is 5.21 Å². The highest BCUT2D eigenvalue weighted by molar-refractivity contribution is 5.53. The summed E-state index contributed by atoms with van der Waals surface area (Å²) in [5.41, 5.74) is -0.0747. The molecule has 0 aromatic rings. The Morgan fingerprint density at radius 2 is 2.40 bits per heavy atom. The van der Waals surface area contributed by atoms with Gasteiger partial charge in [0.25, 0.3) is 0 Å². The van der Waals surface area contributed by atoms with Gasteiger partial charge in [-0.05, 0) is 6.42 Å². The Balaban J connectivity index is 2.59. The Hall–Kier alpha value is -0.530. The first-order valence-electron chi connectivity index (χ1n) is 3.99. The highest BCUT2D eigenvalue weighted by Gasteiger charge is 2.34. The second-order valence-electron chi connectivity index (χ2n) is 3.29. The molecule has 2 heteroatoms. The highest BCUT2D eigenvalue weighted by atomic mass is 16.5. The minimum Gasteiger partial charge on any atom is -0.624 e. The number of hydrogen-bond donors (Lipinski definition) is 0. The molecule has 2 nitrogen and oxygen atoms in total. The van der Waals surface area contributed by atoms with Gasteiger partial charge in [-0.3, -0.25) is 0 Å². The second-order valence-corrected chi connectivity index (χ2v) is 3.29. The summed E-state index contributed by atoms with van der Waals surface area (Å²) >= 11 is 0. The lowest BCUT2D eigenvalue weighted by molar-refractivity contribution is -0.534. The molecule has 0 N–H and O–H groups in total. The van der Waals surface area contributed by atoms with E-state index in [-0.39, 0.29) is 5.54 Å². The molecule has 0 saturated heterocycles. The summed E-state index contributed by atoms with van der Waals surface area (Å²) in [4.78, 5) is 0. The van der Waals surface area contributed by atoms with Crippen molar-refractivity contribution in [2.45, 2.75) is 45.1 Å². The molecule has 1 aliphatic rings. The Kier molecular flexibility index (Phi) is 1.97. The Morgan fingerprint density at radius 3 is 2.80 bits per heavy atom. The molecule has 58 valence electrons. The normalized spacial score (nSPS) is 32.4. The van der Waals surface area contributed by atoms with E-state index in [0.717, 1.165) is 30.4 Å². The van der Waals surface area contributed by atoms with Crippen molar-refractivity contribution >= 4 is 6.21 Å². The van der Waals surface area contributed by atoms with E-state index in [1.54, 1.807) is 6.21 Å². The lowest BCUT2D eigenvalue weighted by Crippen LogP contribution is -2.31. The second kappa shape index (κ2) is 2.60. The van der Waals surface area contributed by atoms with Gasteiger partial charge in [0.15, 0.2) is 11.8 Å². The van der Waals surface area contributed by atoms with Gasteiger partial charge in [0.1, 0.15) is 0 Å². The summed E-state index contributed by atoms with van der Waals surface area (Å²) in [5, 5.41) is 11.1. The molecular weight excluding hydrogens is 126 g/mol. The topological polar surface area (TPSA) is 26.1 Å². The third-order valence-corrected chi connectivity index (χ3v) is 2.30. The SMILES string of the molecule is CCCC1(C)CCC=[N+]1[O-]. The zero-order valence-corrected chi connectivity index (χ0v) is 6.76. The van der Waals surface area contributed by atoms with Crippen LogP contribution in [0.2, 0.25) is 0 Å². The quantitative estimate of drug-likeness (QED) is 0.426. The van der Waals surface area contributed by atoms with Crippen LogP contribution in [0.4, 0.5) is 0 Å². The van der Waals surface area contributed by atoms with Gasteiger partial charge in [0, 0.05) is 26.2 Å². The predicted molar refractivity (Wildman–Crippen MR) is 42.2 cm³/mol. The Labute approximate surface area is 62.1 Å². The first kappa shape index (κ1) is 7.58. The third-order valence-electron chi connectivity index (χ3n) is 2.30. The van der Waals surface area contributed by atoms with Crippen LogP contribution in [0.1, 0.15) is 39.5 Å². The Bertz CT molecular complexity index is 153. The molecule has 0 radical (unpaired) electrons. The molecule has 0 saturated carbocycles. The van der Waals surface area contributed by atoms with Gasteiger partial charge in [-0.2, -0.15) is 0 Å². The van der Waals surface area contributed by atoms with Gasteiger partial charge in [0.05, 0.1) is 0 Å². The van der Waals surface area contributed by atoms with Crippen LogP contribution < -0.4 is 0 Å². The molecule has 0 spiro atoms. The maximum Gasteiger partial charge on any atom is 0.170 e. The van der Waals surface area contributed by atoms with Crippen LogP contribution in [0, 0.1) is 5.21 Å². The van der Waals surface area contributed by atoms with Crippen LogP contribution in [0.3, 0.4) is 0 Å². The molecule has 1 unspecified atom stereocenters. The summed E-state index contributed by atoms with van der Waals surface area (Å²) in [6.45, 7) is 4.17. The summed E-state index contributed by atoms with van der Waals surface area (Å²) in [5.74, 6) is 0. The minimum absolute atomic E-state index is 0.0747. The monoisotopic (exact) mass is 141 g/mol. The van der Waals surface area contributed by atoms with Gasteiger partial charge < -0.3 is 5.21 Å². The highest BCUT2D eigenvalue weighted by Crippen LogP contribution is 2.26. The number of nitrogens with zero attached hydrogens (tertiary/aromatic N) is 1. The van der Waals surface area contributed by atoms with Gasteiger partial charge in [-0.15, -0.1) is 0 Å². The van der Waals surface area contributed by atoms with Crippen molar-refractivity contribution in [3.8, 4) is 0 Å². The van der Waals surface area contributed by atoms with E-state index in [1.807, 2.05) is 6.92 Å². The average Bonchev–Trinajstić information content (AvgIpc) is 2.15.